The van der Waals surface area contributed by atoms with Crippen LogP contribution >= 0.6 is 0 Å². The molecule has 28 heavy (non-hydrogen) atoms. The number of carbonyl (C=O) groups excluding carboxylic acids is 1. The Hall–Kier alpha value is -3.67. The molecule has 0 saturated heterocycles. The van der Waals surface area contributed by atoms with Crippen LogP contribution in [0.3, 0.4) is 0 Å². The second-order valence-electron chi connectivity index (χ2n) is 6.53. The van der Waals surface area contributed by atoms with Crippen molar-refractivity contribution in [3.05, 3.63) is 78.4 Å². The molecule has 2 aromatic heterocycles. The van der Waals surface area contributed by atoms with Gasteiger partial charge < -0.3 is 15.6 Å². The van der Waals surface area contributed by atoms with Crippen molar-refractivity contribution < 1.29 is 4.79 Å². The van der Waals surface area contributed by atoms with E-state index in [4.69, 9.17) is 15.7 Å². The highest BCUT2D eigenvalue weighted by atomic mass is 16.1. The topological polar surface area (TPSA) is 85.8 Å². The number of aryl methyl sites for hydroxylation is 2. The molecule has 6 nitrogen and oxygen atoms in total. The number of hydrogen-bond donors (Lipinski definition) is 2. The van der Waals surface area contributed by atoms with E-state index in [1.54, 1.807) is 6.08 Å². The molecule has 0 unspecified atom stereocenters. The first-order chi connectivity index (χ1) is 13.7. The number of nitrogens with one attached hydrogen (secondary N) is 1. The summed E-state index contributed by atoms with van der Waals surface area (Å²) in [4.78, 5) is 22.2. The number of benzene rings is 2. The van der Waals surface area contributed by atoms with Gasteiger partial charge in [0.2, 0.25) is 0 Å². The predicted molar refractivity (Wildman–Crippen MR) is 112 cm³/mol. The van der Waals surface area contributed by atoms with Crippen molar-refractivity contribution in [2.75, 3.05) is 12.3 Å². The summed E-state index contributed by atoms with van der Waals surface area (Å²) >= 11 is 0. The van der Waals surface area contributed by atoms with Crippen LogP contribution in [0.2, 0.25) is 0 Å². The SMILES string of the molecule is C=CCNC(=O)c1c(N)n(CCc2ccccc2)c2nc3ccccc3nc12. The van der Waals surface area contributed by atoms with Crippen LogP contribution in [0.5, 0.6) is 0 Å². The van der Waals surface area contributed by atoms with Gasteiger partial charge in [0.15, 0.2) is 5.65 Å². The van der Waals surface area contributed by atoms with Gasteiger partial charge in [-0.15, -0.1) is 6.58 Å². The maximum absolute atomic E-state index is 12.7. The fourth-order valence-corrected chi connectivity index (χ4v) is 3.31. The molecule has 0 fully saturated rings. The summed E-state index contributed by atoms with van der Waals surface area (Å²) in [5, 5.41) is 2.80. The molecule has 0 radical (unpaired) electrons. The monoisotopic (exact) mass is 371 g/mol. The zero-order chi connectivity index (χ0) is 19.5. The van der Waals surface area contributed by atoms with E-state index in [0.29, 0.717) is 35.6 Å². The molecular weight excluding hydrogens is 350 g/mol. The second-order valence-corrected chi connectivity index (χ2v) is 6.53. The van der Waals surface area contributed by atoms with Crippen LogP contribution in [-0.2, 0) is 13.0 Å². The standard InChI is InChI=1S/C22H21N5O/c1-2-13-24-22(28)18-19-21(26-17-11-7-6-10-16(17)25-19)27(20(18)23)14-12-15-8-4-3-5-9-15/h2-11H,1,12-14,23H2,(H,24,28). The summed E-state index contributed by atoms with van der Waals surface area (Å²) in [6.45, 7) is 4.60. The molecule has 4 rings (SSSR count). The zero-order valence-corrected chi connectivity index (χ0v) is 15.4. The Balaban J connectivity index is 1.84. The number of para-hydroxylation sites is 2. The van der Waals surface area contributed by atoms with Crippen LogP contribution in [0.4, 0.5) is 5.82 Å². The number of hydrogen-bond acceptors (Lipinski definition) is 4. The average molecular weight is 371 g/mol. The average Bonchev–Trinajstić information content (AvgIpc) is 3.00. The van der Waals surface area contributed by atoms with Crippen molar-refractivity contribution in [1.82, 2.24) is 19.9 Å². The maximum Gasteiger partial charge on any atom is 0.257 e. The second kappa shape index (κ2) is 7.52. The summed E-state index contributed by atoms with van der Waals surface area (Å²) < 4.78 is 1.88. The molecule has 2 heterocycles. The summed E-state index contributed by atoms with van der Waals surface area (Å²) in [5.74, 6) is 0.105. The normalized spacial score (nSPS) is 11.0. The number of nitrogen functional groups attached to an aromatic ring is 1. The lowest BCUT2D eigenvalue weighted by atomic mass is 10.1. The van der Waals surface area contributed by atoms with Gasteiger partial charge in [0.05, 0.1) is 11.0 Å². The van der Waals surface area contributed by atoms with Gasteiger partial charge in [-0.3, -0.25) is 4.79 Å². The number of anilines is 1. The third-order valence-corrected chi connectivity index (χ3v) is 4.69. The number of aromatic nitrogens is 3. The molecule has 4 aromatic rings. The zero-order valence-electron chi connectivity index (χ0n) is 15.4. The Morgan fingerprint density at radius 1 is 1.07 bits per heavy atom. The van der Waals surface area contributed by atoms with Gasteiger partial charge in [0.1, 0.15) is 16.9 Å². The Morgan fingerprint density at radius 2 is 1.75 bits per heavy atom. The van der Waals surface area contributed by atoms with Crippen molar-refractivity contribution in [3.8, 4) is 0 Å². The summed E-state index contributed by atoms with van der Waals surface area (Å²) in [6, 6.07) is 17.7. The number of nitrogens with zero attached hydrogens (tertiary/aromatic N) is 3. The van der Waals surface area contributed by atoms with Crippen LogP contribution < -0.4 is 11.1 Å². The highest BCUT2D eigenvalue weighted by Crippen LogP contribution is 2.28. The highest BCUT2D eigenvalue weighted by molar-refractivity contribution is 6.10. The van der Waals surface area contributed by atoms with Crippen LogP contribution in [0, 0.1) is 0 Å². The molecule has 2 aromatic carbocycles. The number of nitrogens with two attached hydrogens (primary N) is 1. The van der Waals surface area contributed by atoms with E-state index in [2.05, 4.69) is 24.0 Å². The van der Waals surface area contributed by atoms with Gasteiger partial charge in [-0.1, -0.05) is 48.5 Å². The molecule has 0 spiro atoms. The number of amides is 1. The summed E-state index contributed by atoms with van der Waals surface area (Å²) in [5.41, 5.74) is 10.6. The molecule has 6 heteroatoms. The van der Waals surface area contributed by atoms with Gasteiger partial charge in [-0.25, -0.2) is 9.97 Å². The van der Waals surface area contributed by atoms with Crippen molar-refractivity contribution in [1.29, 1.82) is 0 Å². The molecule has 1 amide bonds. The van der Waals surface area contributed by atoms with Crippen molar-refractivity contribution >= 4 is 33.9 Å². The van der Waals surface area contributed by atoms with E-state index in [1.165, 1.54) is 5.56 Å². The quantitative estimate of drug-likeness (QED) is 0.509. The Morgan fingerprint density at radius 3 is 2.46 bits per heavy atom. The highest BCUT2D eigenvalue weighted by Gasteiger charge is 2.23. The number of carbonyl (C=O) groups is 1. The molecule has 0 aliphatic heterocycles. The fraction of sp³-hybridized carbons (Fsp3) is 0.136. The van der Waals surface area contributed by atoms with E-state index >= 15 is 0 Å². The van der Waals surface area contributed by atoms with Crippen LogP contribution in [-0.4, -0.2) is 27.0 Å². The van der Waals surface area contributed by atoms with E-state index < -0.39 is 0 Å². The molecule has 140 valence electrons. The Kier molecular flexibility index (Phi) is 4.76. The summed E-state index contributed by atoms with van der Waals surface area (Å²) in [7, 11) is 0. The molecular formula is C22H21N5O. The summed E-state index contributed by atoms with van der Waals surface area (Å²) in [6.07, 6.45) is 2.40. The van der Waals surface area contributed by atoms with Crippen LogP contribution in [0.25, 0.3) is 22.2 Å². The molecule has 3 N–H and O–H groups in total. The third kappa shape index (κ3) is 3.20. The minimum Gasteiger partial charge on any atom is -0.384 e. The fourth-order valence-electron chi connectivity index (χ4n) is 3.31. The first-order valence-electron chi connectivity index (χ1n) is 9.16. The van der Waals surface area contributed by atoms with Gasteiger partial charge >= 0.3 is 0 Å². The molecule has 0 saturated carbocycles. The van der Waals surface area contributed by atoms with E-state index in [1.807, 2.05) is 47.0 Å². The smallest absolute Gasteiger partial charge is 0.257 e. The van der Waals surface area contributed by atoms with Gasteiger partial charge in [0.25, 0.3) is 5.91 Å². The molecule has 0 aliphatic carbocycles. The van der Waals surface area contributed by atoms with Gasteiger partial charge in [0, 0.05) is 13.1 Å². The molecule has 0 bridgehead atoms. The predicted octanol–water partition coefficient (Wildman–Crippen LogP) is 3.33. The maximum atomic E-state index is 12.7. The third-order valence-electron chi connectivity index (χ3n) is 4.69. The number of fused-ring (bicyclic) bond motifs is 2. The first-order valence-corrected chi connectivity index (χ1v) is 9.16. The van der Waals surface area contributed by atoms with Crippen molar-refractivity contribution in [2.45, 2.75) is 13.0 Å². The van der Waals surface area contributed by atoms with Crippen molar-refractivity contribution in [3.63, 3.8) is 0 Å². The van der Waals surface area contributed by atoms with Gasteiger partial charge in [-0.2, -0.15) is 0 Å². The van der Waals surface area contributed by atoms with Gasteiger partial charge in [-0.05, 0) is 24.1 Å². The van der Waals surface area contributed by atoms with Crippen molar-refractivity contribution in [2.24, 2.45) is 0 Å². The van der Waals surface area contributed by atoms with E-state index in [9.17, 15) is 4.79 Å². The van der Waals surface area contributed by atoms with E-state index in [0.717, 1.165) is 17.5 Å². The van der Waals surface area contributed by atoms with E-state index in [-0.39, 0.29) is 5.91 Å². The minimum atomic E-state index is -0.273. The lowest BCUT2D eigenvalue weighted by molar-refractivity contribution is 0.0960. The van der Waals surface area contributed by atoms with Crippen LogP contribution in [0.15, 0.2) is 67.3 Å². The molecule has 0 atom stereocenters. The lowest BCUT2D eigenvalue weighted by Crippen LogP contribution is -2.24. The lowest BCUT2D eigenvalue weighted by Gasteiger charge is -2.08. The Bertz CT molecular complexity index is 1160. The number of rotatable bonds is 6. The largest absolute Gasteiger partial charge is 0.384 e. The molecule has 0 aliphatic rings. The van der Waals surface area contributed by atoms with Crippen LogP contribution in [0.1, 0.15) is 15.9 Å². The minimum absolute atomic E-state index is 0.273. The first kappa shape index (κ1) is 17.7. The Labute approximate surface area is 162 Å².